The number of hydrogen-bond acceptors (Lipinski definition) is 6. The average Bonchev–Trinajstić information content (AvgIpc) is 2.71. The second-order valence-electron chi connectivity index (χ2n) is 6.08. The molecule has 0 aliphatic heterocycles. The summed E-state index contributed by atoms with van der Waals surface area (Å²) in [4.78, 5) is 20.4. The van der Waals surface area contributed by atoms with E-state index in [1.165, 1.54) is 12.1 Å². The van der Waals surface area contributed by atoms with Crippen molar-refractivity contribution < 1.29 is 32.2 Å². The third-order valence-corrected chi connectivity index (χ3v) is 4.22. The summed E-state index contributed by atoms with van der Waals surface area (Å²) in [5.41, 5.74) is 0.302. The van der Waals surface area contributed by atoms with Gasteiger partial charge < -0.3 is 19.5 Å². The van der Waals surface area contributed by atoms with Gasteiger partial charge in [-0.25, -0.2) is 9.97 Å². The van der Waals surface area contributed by atoms with Crippen LogP contribution in [0.15, 0.2) is 60.9 Å². The smallest absolute Gasteiger partial charge is 0.481 e. The van der Waals surface area contributed by atoms with E-state index in [-0.39, 0.29) is 11.8 Å². The maximum Gasteiger partial charge on any atom is 0.573 e. The molecule has 0 saturated carbocycles. The van der Waals surface area contributed by atoms with E-state index in [9.17, 15) is 18.0 Å². The normalized spacial score (nSPS) is 12.0. The maximum atomic E-state index is 12.3. The lowest BCUT2D eigenvalue weighted by Gasteiger charge is -2.15. The first-order valence-corrected chi connectivity index (χ1v) is 9.84. The molecule has 2 aromatic carbocycles. The molecule has 1 heterocycles. The molecule has 3 rings (SSSR count). The predicted molar refractivity (Wildman–Crippen MR) is 113 cm³/mol. The van der Waals surface area contributed by atoms with Crippen LogP contribution in [0.1, 0.15) is 6.92 Å². The highest BCUT2D eigenvalue weighted by Crippen LogP contribution is 2.25. The molecule has 3 aromatic rings. The van der Waals surface area contributed by atoms with Crippen LogP contribution in [0.5, 0.6) is 23.3 Å². The summed E-state index contributed by atoms with van der Waals surface area (Å²) >= 11 is 2.08. The van der Waals surface area contributed by atoms with Crippen molar-refractivity contribution in [2.24, 2.45) is 0 Å². The summed E-state index contributed by atoms with van der Waals surface area (Å²) in [6.45, 7) is 1.54. The second kappa shape index (κ2) is 9.81. The summed E-state index contributed by atoms with van der Waals surface area (Å²) in [6.07, 6.45) is -2.40. The Hall–Kier alpha value is -3.09. The van der Waals surface area contributed by atoms with Gasteiger partial charge in [0, 0.05) is 21.7 Å². The summed E-state index contributed by atoms with van der Waals surface area (Å²) in [5, 5.41) is 2.56. The second-order valence-corrected chi connectivity index (χ2v) is 7.32. The minimum absolute atomic E-state index is 0.202. The Balaban J connectivity index is 1.52. The zero-order chi connectivity index (χ0) is 22.4. The van der Waals surface area contributed by atoms with Gasteiger partial charge in [-0.05, 0) is 78.0 Å². The lowest BCUT2D eigenvalue weighted by Crippen LogP contribution is -2.30. The number of carbonyl (C=O) groups excluding carboxylic acids is 1. The Kier molecular flexibility index (Phi) is 7.15. The van der Waals surface area contributed by atoms with E-state index in [2.05, 4.69) is 42.6 Å². The van der Waals surface area contributed by atoms with Crippen LogP contribution in [0.25, 0.3) is 0 Å². The molecule has 0 saturated heterocycles. The Morgan fingerprint density at radius 3 is 2.10 bits per heavy atom. The molecule has 0 spiro atoms. The highest BCUT2D eigenvalue weighted by Gasteiger charge is 2.31. The van der Waals surface area contributed by atoms with Crippen LogP contribution < -0.4 is 19.5 Å². The number of amides is 1. The van der Waals surface area contributed by atoms with Crippen LogP contribution in [0.3, 0.4) is 0 Å². The molecule has 162 valence electrons. The minimum Gasteiger partial charge on any atom is -0.481 e. The van der Waals surface area contributed by atoms with Crippen LogP contribution in [-0.2, 0) is 4.79 Å². The monoisotopic (exact) mass is 545 g/mol. The summed E-state index contributed by atoms with van der Waals surface area (Å²) in [5.74, 6) is 0.0594. The molecule has 11 heteroatoms. The lowest BCUT2D eigenvalue weighted by atomic mass is 10.2. The molecule has 7 nitrogen and oxygen atoms in total. The number of benzene rings is 2. The molecule has 0 aliphatic carbocycles. The Morgan fingerprint density at radius 2 is 1.52 bits per heavy atom. The van der Waals surface area contributed by atoms with Crippen LogP contribution >= 0.6 is 22.6 Å². The van der Waals surface area contributed by atoms with E-state index < -0.39 is 18.4 Å². The molecule has 1 amide bonds. The number of anilines is 1. The summed E-state index contributed by atoms with van der Waals surface area (Å²) < 4.78 is 52.3. The SMILES string of the molecule is CC(Oc1ccc(Oc2ncc(I)cn2)cc1)C(=O)Nc1ccc(OC(F)(F)F)cc1. The lowest BCUT2D eigenvalue weighted by molar-refractivity contribution is -0.274. The fourth-order valence-electron chi connectivity index (χ4n) is 2.29. The number of hydrogen-bond donors (Lipinski definition) is 1. The van der Waals surface area contributed by atoms with Gasteiger partial charge in [0.25, 0.3) is 5.91 Å². The molecule has 1 atom stereocenters. The van der Waals surface area contributed by atoms with E-state index in [0.29, 0.717) is 17.2 Å². The van der Waals surface area contributed by atoms with Crippen LogP contribution in [-0.4, -0.2) is 28.3 Å². The molecule has 0 bridgehead atoms. The zero-order valence-electron chi connectivity index (χ0n) is 15.9. The van der Waals surface area contributed by atoms with Crippen LogP contribution in [0.4, 0.5) is 18.9 Å². The zero-order valence-corrected chi connectivity index (χ0v) is 18.0. The standard InChI is InChI=1S/C20H15F3IN3O4/c1-12(18(28)27-14-2-4-17(5-3-14)31-20(21,22)23)29-15-6-8-16(9-7-15)30-19-25-10-13(24)11-26-19/h2-12H,1H3,(H,27,28). The number of halogens is 4. The quantitative estimate of drug-likeness (QED) is 0.413. The molecular formula is C20H15F3IN3O4. The van der Waals surface area contributed by atoms with Crippen molar-refractivity contribution in [3.63, 3.8) is 0 Å². The van der Waals surface area contributed by atoms with E-state index in [4.69, 9.17) is 9.47 Å². The van der Waals surface area contributed by atoms with E-state index >= 15 is 0 Å². The van der Waals surface area contributed by atoms with Crippen molar-refractivity contribution in [3.05, 3.63) is 64.5 Å². The number of ether oxygens (including phenoxy) is 3. The molecule has 0 radical (unpaired) electrons. The fraction of sp³-hybridized carbons (Fsp3) is 0.150. The molecule has 0 aliphatic rings. The van der Waals surface area contributed by atoms with Gasteiger partial charge >= 0.3 is 12.4 Å². The van der Waals surface area contributed by atoms with Gasteiger partial charge in [0.15, 0.2) is 6.10 Å². The topological polar surface area (TPSA) is 82.6 Å². The highest BCUT2D eigenvalue weighted by atomic mass is 127. The summed E-state index contributed by atoms with van der Waals surface area (Å²) in [7, 11) is 0. The van der Waals surface area contributed by atoms with Gasteiger partial charge in [0.1, 0.15) is 17.2 Å². The van der Waals surface area contributed by atoms with E-state index in [1.54, 1.807) is 43.6 Å². The Bertz CT molecular complexity index is 1010. The number of carbonyl (C=O) groups is 1. The average molecular weight is 545 g/mol. The van der Waals surface area contributed by atoms with Gasteiger partial charge in [0.05, 0.1) is 0 Å². The largest absolute Gasteiger partial charge is 0.573 e. The predicted octanol–water partition coefficient (Wildman–Crippen LogP) is 5.18. The minimum atomic E-state index is -4.78. The first-order valence-electron chi connectivity index (χ1n) is 8.77. The first-order chi connectivity index (χ1) is 14.7. The fourth-order valence-corrected chi connectivity index (χ4v) is 2.56. The van der Waals surface area contributed by atoms with Gasteiger partial charge in [-0.2, -0.15) is 0 Å². The molecule has 31 heavy (non-hydrogen) atoms. The number of alkyl halides is 3. The Morgan fingerprint density at radius 1 is 0.968 bits per heavy atom. The number of aromatic nitrogens is 2. The van der Waals surface area contributed by atoms with Gasteiger partial charge in [-0.15, -0.1) is 13.2 Å². The van der Waals surface area contributed by atoms with Crippen LogP contribution in [0.2, 0.25) is 0 Å². The molecular weight excluding hydrogens is 530 g/mol. The maximum absolute atomic E-state index is 12.3. The Labute approximate surface area is 188 Å². The van der Waals surface area contributed by atoms with Crippen molar-refractivity contribution in [2.45, 2.75) is 19.4 Å². The third kappa shape index (κ3) is 7.27. The van der Waals surface area contributed by atoms with Gasteiger partial charge in [-0.3, -0.25) is 4.79 Å². The first kappa shape index (κ1) is 22.6. The third-order valence-electron chi connectivity index (χ3n) is 3.67. The number of rotatable bonds is 7. The summed E-state index contributed by atoms with van der Waals surface area (Å²) in [6, 6.07) is 11.5. The van der Waals surface area contributed by atoms with Crippen molar-refractivity contribution in [3.8, 4) is 23.3 Å². The molecule has 1 N–H and O–H groups in total. The molecule has 0 fully saturated rings. The number of nitrogens with one attached hydrogen (secondary N) is 1. The molecule has 1 aromatic heterocycles. The highest BCUT2D eigenvalue weighted by molar-refractivity contribution is 14.1. The van der Waals surface area contributed by atoms with E-state index in [1.807, 2.05) is 0 Å². The van der Waals surface area contributed by atoms with Crippen molar-refractivity contribution in [1.82, 2.24) is 9.97 Å². The van der Waals surface area contributed by atoms with Crippen LogP contribution in [0, 0.1) is 3.57 Å². The van der Waals surface area contributed by atoms with E-state index in [0.717, 1.165) is 15.7 Å². The van der Waals surface area contributed by atoms with Crippen molar-refractivity contribution >= 4 is 34.2 Å². The van der Waals surface area contributed by atoms with Gasteiger partial charge in [0.2, 0.25) is 0 Å². The van der Waals surface area contributed by atoms with Gasteiger partial charge in [-0.1, -0.05) is 0 Å². The molecule has 1 unspecified atom stereocenters. The number of nitrogens with zero attached hydrogens (tertiary/aromatic N) is 2. The van der Waals surface area contributed by atoms with Crippen molar-refractivity contribution in [1.29, 1.82) is 0 Å². The van der Waals surface area contributed by atoms with Crippen molar-refractivity contribution in [2.75, 3.05) is 5.32 Å².